The summed E-state index contributed by atoms with van der Waals surface area (Å²) in [5.41, 5.74) is 8.40. The zero-order chi connectivity index (χ0) is 21.5. The molecule has 0 unspecified atom stereocenters. The Kier molecular flexibility index (Phi) is 7.13. The number of hydrogen-bond donors (Lipinski definition) is 3. The number of nitrogens with one attached hydrogen (secondary N) is 2. The third kappa shape index (κ3) is 5.42. The normalized spacial score (nSPS) is 14.3. The minimum absolute atomic E-state index is 0.183. The standard InChI is InChI=1S/C22H29N5O3/c1-16(28)25-17-7-8-18(19(23)15-17)22(29)24-9-10-26-11-13-27(14-12-26)20-5-3-4-6-21(20)30-2/h3-8,15H,9-14,23H2,1-2H3,(H,24,29)(H,25,28). The Labute approximate surface area is 177 Å². The van der Waals surface area contributed by atoms with Gasteiger partial charge in [-0.25, -0.2) is 0 Å². The van der Waals surface area contributed by atoms with Crippen LogP contribution in [0.4, 0.5) is 17.1 Å². The molecule has 160 valence electrons. The summed E-state index contributed by atoms with van der Waals surface area (Å²) in [7, 11) is 1.69. The van der Waals surface area contributed by atoms with Crippen LogP contribution in [0.5, 0.6) is 5.75 Å². The van der Waals surface area contributed by atoms with Crippen LogP contribution in [0.3, 0.4) is 0 Å². The van der Waals surface area contributed by atoms with Crippen molar-refractivity contribution in [1.29, 1.82) is 0 Å². The molecule has 0 radical (unpaired) electrons. The summed E-state index contributed by atoms with van der Waals surface area (Å²) in [6, 6.07) is 12.9. The Morgan fingerprint density at radius 2 is 1.83 bits per heavy atom. The number of anilines is 3. The lowest BCUT2D eigenvalue weighted by Crippen LogP contribution is -2.48. The van der Waals surface area contributed by atoms with Gasteiger partial charge in [-0.15, -0.1) is 0 Å². The van der Waals surface area contributed by atoms with Gasteiger partial charge >= 0.3 is 0 Å². The summed E-state index contributed by atoms with van der Waals surface area (Å²) in [6.07, 6.45) is 0. The first kappa shape index (κ1) is 21.4. The zero-order valence-electron chi connectivity index (χ0n) is 17.5. The van der Waals surface area contributed by atoms with E-state index in [1.165, 1.54) is 6.92 Å². The van der Waals surface area contributed by atoms with Gasteiger partial charge < -0.3 is 26.0 Å². The summed E-state index contributed by atoms with van der Waals surface area (Å²) in [4.78, 5) is 28.2. The number of carbonyl (C=O) groups excluding carboxylic acids is 2. The van der Waals surface area contributed by atoms with E-state index in [1.807, 2.05) is 18.2 Å². The van der Waals surface area contributed by atoms with E-state index in [0.29, 0.717) is 23.5 Å². The molecule has 1 aliphatic heterocycles. The number of benzene rings is 2. The second kappa shape index (κ2) is 9.98. The van der Waals surface area contributed by atoms with Crippen molar-refractivity contribution >= 4 is 28.9 Å². The summed E-state index contributed by atoms with van der Waals surface area (Å²) in [5, 5.41) is 5.58. The third-order valence-corrected chi connectivity index (χ3v) is 5.13. The topological polar surface area (TPSA) is 99.9 Å². The van der Waals surface area contributed by atoms with E-state index >= 15 is 0 Å². The highest BCUT2D eigenvalue weighted by Crippen LogP contribution is 2.28. The molecule has 0 spiro atoms. The predicted octanol–water partition coefficient (Wildman–Crippen LogP) is 1.79. The van der Waals surface area contributed by atoms with Gasteiger partial charge in [0.25, 0.3) is 5.91 Å². The van der Waals surface area contributed by atoms with E-state index in [2.05, 4.69) is 26.5 Å². The summed E-state index contributed by atoms with van der Waals surface area (Å²) >= 11 is 0. The molecule has 1 heterocycles. The SMILES string of the molecule is COc1ccccc1N1CCN(CCNC(=O)c2ccc(NC(C)=O)cc2N)CC1. The largest absolute Gasteiger partial charge is 0.495 e. The molecule has 0 saturated carbocycles. The van der Waals surface area contributed by atoms with Gasteiger partial charge in [-0.05, 0) is 30.3 Å². The number of amides is 2. The van der Waals surface area contributed by atoms with Crippen LogP contribution in [0.15, 0.2) is 42.5 Å². The van der Waals surface area contributed by atoms with E-state index in [4.69, 9.17) is 10.5 Å². The van der Waals surface area contributed by atoms with Gasteiger partial charge in [0.15, 0.2) is 0 Å². The second-order valence-electron chi connectivity index (χ2n) is 7.24. The minimum Gasteiger partial charge on any atom is -0.495 e. The number of rotatable bonds is 7. The zero-order valence-corrected chi connectivity index (χ0v) is 17.5. The number of nitrogen functional groups attached to an aromatic ring is 1. The lowest BCUT2D eigenvalue weighted by Gasteiger charge is -2.36. The Morgan fingerprint density at radius 3 is 2.50 bits per heavy atom. The number of ether oxygens (including phenoxy) is 1. The monoisotopic (exact) mass is 411 g/mol. The lowest BCUT2D eigenvalue weighted by atomic mass is 10.1. The molecule has 0 atom stereocenters. The number of piperazine rings is 1. The highest BCUT2D eigenvalue weighted by molar-refractivity contribution is 6.00. The Bertz CT molecular complexity index is 894. The van der Waals surface area contributed by atoms with Gasteiger partial charge in [-0.3, -0.25) is 14.5 Å². The Morgan fingerprint density at radius 1 is 1.10 bits per heavy atom. The first-order valence-electron chi connectivity index (χ1n) is 10.0. The smallest absolute Gasteiger partial charge is 0.253 e. The van der Waals surface area contributed by atoms with Crippen molar-refractivity contribution in [1.82, 2.24) is 10.2 Å². The fourth-order valence-corrected chi connectivity index (χ4v) is 3.58. The van der Waals surface area contributed by atoms with E-state index in [1.54, 1.807) is 25.3 Å². The predicted molar refractivity (Wildman–Crippen MR) is 119 cm³/mol. The fraction of sp³-hybridized carbons (Fsp3) is 0.364. The number of carbonyl (C=O) groups is 2. The van der Waals surface area contributed by atoms with E-state index < -0.39 is 0 Å². The van der Waals surface area contributed by atoms with Gasteiger partial charge in [0.05, 0.1) is 18.4 Å². The van der Waals surface area contributed by atoms with Crippen LogP contribution in [-0.4, -0.2) is 63.1 Å². The summed E-state index contributed by atoms with van der Waals surface area (Å²) < 4.78 is 5.46. The third-order valence-electron chi connectivity index (χ3n) is 5.13. The molecule has 0 aliphatic carbocycles. The molecule has 4 N–H and O–H groups in total. The van der Waals surface area contributed by atoms with Crippen LogP contribution in [0.25, 0.3) is 0 Å². The number of nitrogens with zero attached hydrogens (tertiary/aromatic N) is 2. The van der Waals surface area contributed by atoms with E-state index in [0.717, 1.165) is 44.2 Å². The summed E-state index contributed by atoms with van der Waals surface area (Å²) in [6.45, 7) is 6.39. The molecule has 2 aromatic carbocycles. The van der Waals surface area contributed by atoms with Gasteiger partial charge in [-0.2, -0.15) is 0 Å². The van der Waals surface area contributed by atoms with Gasteiger partial charge in [0.1, 0.15) is 5.75 Å². The molecular weight excluding hydrogens is 382 g/mol. The molecule has 0 bridgehead atoms. The fourth-order valence-electron chi connectivity index (χ4n) is 3.58. The molecule has 8 nitrogen and oxygen atoms in total. The molecule has 1 fully saturated rings. The number of methoxy groups -OCH3 is 1. The number of nitrogens with two attached hydrogens (primary N) is 1. The van der Waals surface area contributed by atoms with Crippen molar-refractivity contribution in [2.24, 2.45) is 0 Å². The van der Waals surface area contributed by atoms with Crippen LogP contribution in [0, 0.1) is 0 Å². The van der Waals surface area contributed by atoms with Gasteiger partial charge in [0.2, 0.25) is 5.91 Å². The molecule has 0 aromatic heterocycles. The van der Waals surface area contributed by atoms with Gasteiger partial charge in [0, 0.05) is 57.6 Å². The minimum atomic E-state index is -0.213. The Balaban J connectivity index is 1.45. The summed E-state index contributed by atoms with van der Waals surface area (Å²) in [5.74, 6) is 0.493. The van der Waals surface area contributed by atoms with Crippen molar-refractivity contribution in [3.8, 4) is 5.75 Å². The van der Waals surface area contributed by atoms with Crippen molar-refractivity contribution in [2.75, 3.05) is 62.3 Å². The molecule has 2 aromatic rings. The maximum atomic E-state index is 12.4. The van der Waals surface area contributed by atoms with Crippen LogP contribution >= 0.6 is 0 Å². The van der Waals surface area contributed by atoms with E-state index in [9.17, 15) is 9.59 Å². The highest BCUT2D eigenvalue weighted by atomic mass is 16.5. The van der Waals surface area contributed by atoms with E-state index in [-0.39, 0.29) is 11.8 Å². The molecule has 1 aliphatic rings. The quantitative estimate of drug-likeness (QED) is 0.601. The maximum Gasteiger partial charge on any atom is 0.253 e. The molecule has 8 heteroatoms. The molecule has 2 amide bonds. The molecule has 3 rings (SSSR count). The van der Waals surface area contributed by atoms with Crippen molar-refractivity contribution < 1.29 is 14.3 Å². The van der Waals surface area contributed by atoms with Crippen molar-refractivity contribution in [3.63, 3.8) is 0 Å². The van der Waals surface area contributed by atoms with Crippen LogP contribution < -0.4 is 26.0 Å². The molecule has 1 saturated heterocycles. The molecule has 30 heavy (non-hydrogen) atoms. The average molecular weight is 412 g/mol. The van der Waals surface area contributed by atoms with Crippen LogP contribution in [0.2, 0.25) is 0 Å². The average Bonchev–Trinajstić information content (AvgIpc) is 2.74. The second-order valence-corrected chi connectivity index (χ2v) is 7.24. The first-order chi connectivity index (χ1) is 14.5. The maximum absolute atomic E-state index is 12.4. The number of para-hydroxylation sites is 2. The number of hydrogen-bond acceptors (Lipinski definition) is 6. The highest BCUT2D eigenvalue weighted by Gasteiger charge is 2.19. The van der Waals surface area contributed by atoms with Gasteiger partial charge in [-0.1, -0.05) is 12.1 Å². The van der Waals surface area contributed by atoms with Crippen LogP contribution in [0.1, 0.15) is 17.3 Å². The van der Waals surface area contributed by atoms with Crippen molar-refractivity contribution in [3.05, 3.63) is 48.0 Å². The first-order valence-corrected chi connectivity index (χ1v) is 10.0. The molecular formula is C22H29N5O3. The lowest BCUT2D eigenvalue weighted by molar-refractivity contribution is -0.114. The Hall–Kier alpha value is -3.26. The van der Waals surface area contributed by atoms with Crippen LogP contribution in [-0.2, 0) is 4.79 Å². The van der Waals surface area contributed by atoms with Crippen molar-refractivity contribution in [2.45, 2.75) is 6.92 Å².